The molecule has 1 aromatic rings. The number of hydrogen-bond donors (Lipinski definition) is 1. The Morgan fingerprint density at radius 3 is 3.00 bits per heavy atom. The molecule has 0 aliphatic carbocycles. The quantitative estimate of drug-likeness (QED) is 0.792. The van der Waals surface area contributed by atoms with Crippen molar-refractivity contribution in [3.05, 3.63) is 23.0 Å². The van der Waals surface area contributed by atoms with Crippen LogP contribution in [-0.2, 0) is 14.9 Å². The van der Waals surface area contributed by atoms with Crippen LogP contribution in [0.3, 0.4) is 0 Å². The normalized spacial score (nSPS) is 25.3. The summed E-state index contributed by atoms with van der Waals surface area (Å²) in [5.74, 6) is 0.121. The molecule has 2 aliphatic rings. The zero-order valence-corrected chi connectivity index (χ0v) is 16.8. The predicted molar refractivity (Wildman–Crippen MR) is 104 cm³/mol. The first-order chi connectivity index (χ1) is 12.3. The number of rotatable bonds is 5. The van der Waals surface area contributed by atoms with Gasteiger partial charge in [-0.05, 0) is 19.4 Å². The standard InChI is InChI=1S/C19H29ClN4O2/c1-13-10-23(14(8-21-13)5-6-26-4)11-18(25)24-12-19(2,3)15-9-22-17(20)7-16(15)24/h7,9,13-14,21H,5-6,8,10-12H2,1-4H3/t13-,14?/m1/s1. The summed E-state index contributed by atoms with van der Waals surface area (Å²) in [5, 5.41) is 3.93. The van der Waals surface area contributed by atoms with E-state index in [1.165, 1.54) is 0 Å². The number of carbonyl (C=O) groups is 1. The highest BCUT2D eigenvalue weighted by molar-refractivity contribution is 6.29. The average Bonchev–Trinajstić information content (AvgIpc) is 2.85. The maximum atomic E-state index is 13.2. The van der Waals surface area contributed by atoms with Gasteiger partial charge in [-0.15, -0.1) is 0 Å². The molecule has 6 nitrogen and oxygen atoms in total. The van der Waals surface area contributed by atoms with Gasteiger partial charge in [0.2, 0.25) is 5.91 Å². The maximum absolute atomic E-state index is 13.2. The molecule has 0 bridgehead atoms. The van der Waals surface area contributed by atoms with Crippen LogP contribution in [-0.4, -0.2) is 67.8 Å². The van der Waals surface area contributed by atoms with Crippen LogP contribution in [0.15, 0.2) is 12.3 Å². The Bertz CT molecular complexity index is 665. The summed E-state index contributed by atoms with van der Waals surface area (Å²) in [7, 11) is 1.72. The number of fused-ring (bicyclic) bond motifs is 1. The van der Waals surface area contributed by atoms with Gasteiger partial charge in [0.1, 0.15) is 5.15 Å². The fraction of sp³-hybridized carbons (Fsp3) is 0.684. The third-order valence-electron chi connectivity index (χ3n) is 5.44. The molecule has 0 aromatic carbocycles. The number of aromatic nitrogens is 1. The average molecular weight is 381 g/mol. The van der Waals surface area contributed by atoms with Crippen LogP contribution in [0.2, 0.25) is 5.15 Å². The number of methoxy groups -OCH3 is 1. The second-order valence-electron chi connectivity index (χ2n) is 8.06. The summed E-state index contributed by atoms with van der Waals surface area (Å²) in [6, 6.07) is 2.50. The molecule has 1 N–H and O–H groups in total. The fourth-order valence-corrected chi connectivity index (χ4v) is 4.13. The van der Waals surface area contributed by atoms with Gasteiger partial charge < -0.3 is 15.0 Å². The number of amides is 1. The monoisotopic (exact) mass is 380 g/mol. The lowest BCUT2D eigenvalue weighted by Crippen LogP contribution is -2.58. The van der Waals surface area contributed by atoms with Crippen molar-refractivity contribution >= 4 is 23.2 Å². The van der Waals surface area contributed by atoms with Gasteiger partial charge in [-0.3, -0.25) is 9.69 Å². The van der Waals surface area contributed by atoms with Crippen molar-refractivity contribution in [3.8, 4) is 0 Å². The minimum absolute atomic E-state index is 0.116. The first-order valence-electron chi connectivity index (χ1n) is 9.24. The van der Waals surface area contributed by atoms with Crippen molar-refractivity contribution in [2.75, 3.05) is 44.8 Å². The number of piperazine rings is 1. The smallest absolute Gasteiger partial charge is 0.241 e. The Labute approximate surface area is 160 Å². The molecule has 7 heteroatoms. The summed E-state index contributed by atoms with van der Waals surface area (Å²) in [5.41, 5.74) is 1.87. The Kier molecular flexibility index (Phi) is 5.87. The summed E-state index contributed by atoms with van der Waals surface area (Å²) in [6.07, 6.45) is 2.72. The Hall–Kier alpha value is -1.21. The molecule has 2 aliphatic heterocycles. The predicted octanol–water partition coefficient (Wildman–Crippen LogP) is 2.06. The number of pyridine rings is 1. The van der Waals surface area contributed by atoms with Crippen molar-refractivity contribution in [1.29, 1.82) is 0 Å². The lowest BCUT2D eigenvalue weighted by molar-refractivity contribution is -0.120. The third kappa shape index (κ3) is 4.03. The minimum atomic E-state index is -0.116. The summed E-state index contributed by atoms with van der Waals surface area (Å²) in [4.78, 5) is 21.5. The van der Waals surface area contributed by atoms with Crippen LogP contribution in [0.4, 0.5) is 5.69 Å². The van der Waals surface area contributed by atoms with Gasteiger partial charge in [0, 0.05) is 62.6 Å². The zero-order valence-electron chi connectivity index (χ0n) is 16.1. The van der Waals surface area contributed by atoms with Crippen molar-refractivity contribution in [2.45, 2.75) is 44.7 Å². The van der Waals surface area contributed by atoms with Gasteiger partial charge in [0.25, 0.3) is 0 Å². The van der Waals surface area contributed by atoms with Crippen molar-refractivity contribution in [1.82, 2.24) is 15.2 Å². The highest BCUT2D eigenvalue weighted by atomic mass is 35.5. The molecule has 1 saturated heterocycles. The Morgan fingerprint density at radius 2 is 2.27 bits per heavy atom. The van der Waals surface area contributed by atoms with Crippen LogP contribution in [0, 0.1) is 0 Å². The molecule has 1 amide bonds. The second kappa shape index (κ2) is 7.80. The first-order valence-corrected chi connectivity index (χ1v) is 9.62. The minimum Gasteiger partial charge on any atom is -0.385 e. The molecule has 0 spiro atoms. The number of ether oxygens (including phenoxy) is 1. The molecular formula is C19H29ClN4O2. The molecule has 0 saturated carbocycles. The highest BCUT2D eigenvalue weighted by Gasteiger charge is 2.39. The van der Waals surface area contributed by atoms with E-state index in [2.05, 4.69) is 36.0 Å². The number of carbonyl (C=O) groups excluding carboxylic acids is 1. The number of halogens is 1. The van der Waals surface area contributed by atoms with Crippen molar-refractivity contribution in [3.63, 3.8) is 0 Å². The molecule has 1 fully saturated rings. The molecule has 1 unspecified atom stereocenters. The van der Waals surface area contributed by atoms with Crippen molar-refractivity contribution < 1.29 is 9.53 Å². The van der Waals surface area contributed by atoms with Gasteiger partial charge in [0.05, 0.1) is 12.2 Å². The Morgan fingerprint density at radius 1 is 1.50 bits per heavy atom. The number of nitrogens with one attached hydrogen (secondary N) is 1. The molecule has 2 atom stereocenters. The molecule has 3 rings (SSSR count). The fourth-order valence-electron chi connectivity index (χ4n) is 3.98. The second-order valence-corrected chi connectivity index (χ2v) is 8.45. The molecule has 26 heavy (non-hydrogen) atoms. The molecule has 1 aromatic heterocycles. The van der Waals surface area contributed by atoms with E-state index in [9.17, 15) is 4.79 Å². The molecule has 144 valence electrons. The Balaban J connectivity index is 1.76. The van der Waals surface area contributed by atoms with Crippen LogP contribution in [0.1, 0.15) is 32.8 Å². The van der Waals surface area contributed by atoms with E-state index in [0.29, 0.717) is 36.9 Å². The van der Waals surface area contributed by atoms with E-state index in [4.69, 9.17) is 16.3 Å². The van der Waals surface area contributed by atoms with Crippen LogP contribution < -0.4 is 10.2 Å². The van der Waals surface area contributed by atoms with E-state index in [0.717, 1.165) is 30.8 Å². The summed E-state index contributed by atoms with van der Waals surface area (Å²) in [6.45, 7) is 9.96. The van der Waals surface area contributed by atoms with Gasteiger partial charge in [0.15, 0.2) is 0 Å². The molecule has 0 radical (unpaired) electrons. The lowest BCUT2D eigenvalue weighted by Gasteiger charge is -2.39. The third-order valence-corrected chi connectivity index (χ3v) is 5.65. The van der Waals surface area contributed by atoms with E-state index in [1.54, 1.807) is 13.3 Å². The van der Waals surface area contributed by atoms with Gasteiger partial charge in [-0.2, -0.15) is 0 Å². The zero-order chi connectivity index (χ0) is 18.9. The van der Waals surface area contributed by atoms with Crippen LogP contribution in [0.25, 0.3) is 0 Å². The SMILES string of the molecule is COCCC1CN[C@H](C)CN1CC(=O)N1CC(C)(C)c2cnc(Cl)cc21. The van der Waals surface area contributed by atoms with Gasteiger partial charge in [-0.25, -0.2) is 4.98 Å². The van der Waals surface area contributed by atoms with Gasteiger partial charge >= 0.3 is 0 Å². The van der Waals surface area contributed by atoms with E-state index >= 15 is 0 Å². The van der Waals surface area contributed by atoms with E-state index in [-0.39, 0.29) is 11.3 Å². The topological polar surface area (TPSA) is 57.7 Å². The van der Waals surface area contributed by atoms with Crippen molar-refractivity contribution in [2.24, 2.45) is 0 Å². The molecular weight excluding hydrogens is 352 g/mol. The van der Waals surface area contributed by atoms with Gasteiger partial charge in [-0.1, -0.05) is 25.4 Å². The maximum Gasteiger partial charge on any atom is 0.241 e. The largest absolute Gasteiger partial charge is 0.385 e. The number of nitrogens with zero attached hydrogens (tertiary/aromatic N) is 3. The van der Waals surface area contributed by atoms with Crippen LogP contribution >= 0.6 is 11.6 Å². The van der Waals surface area contributed by atoms with E-state index < -0.39 is 0 Å². The first kappa shape index (κ1) is 19.5. The summed E-state index contributed by atoms with van der Waals surface area (Å²) >= 11 is 6.10. The number of anilines is 1. The van der Waals surface area contributed by atoms with Crippen LogP contribution in [0.5, 0.6) is 0 Å². The lowest BCUT2D eigenvalue weighted by atomic mass is 9.88. The summed E-state index contributed by atoms with van der Waals surface area (Å²) < 4.78 is 5.24. The highest BCUT2D eigenvalue weighted by Crippen LogP contribution is 2.41. The van der Waals surface area contributed by atoms with E-state index in [1.807, 2.05) is 11.0 Å². The molecule has 3 heterocycles. The number of hydrogen-bond acceptors (Lipinski definition) is 5.